The average molecular weight is 322 g/mol. The molecule has 0 radical (unpaired) electrons. The van der Waals surface area contributed by atoms with E-state index in [0.29, 0.717) is 10.0 Å². The lowest BCUT2D eigenvalue weighted by atomic mass is 10.2. The zero-order chi connectivity index (χ0) is 14.1. The highest BCUT2D eigenvalue weighted by atomic mass is 35.5. The van der Waals surface area contributed by atoms with E-state index >= 15 is 0 Å². The molecule has 0 atom stereocenters. The quantitative estimate of drug-likeness (QED) is 0.677. The summed E-state index contributed by atoms with van der Waals surface area (Å²) >= 11 is 13.7. The first kappa shape index (κ1) is 13.4. The number of phenolic OH excluding ortho intramolecular Hbond substituents is 1. The van der Waals surface area contributed by atoms with Crippen LogP contribution in [0.2, 0.25) is 10.0 Å². The van der Waals surface area contributed by atoms with Crippen LogP contribution in [0.5, 0.6) is 5.75 Å². The van der Waals surface area contributed by atoms with E-state index in [2.05, 4.69) is 4.98 Å². The summed E-state index contributed by atoms with van der Waals surface area (Å²) in [5.74, 6) is 0.239. The molecular weight excluding hydrogens is 313 g/mol. The number of hydrogen-bond acceptors (Lipinski definition) is 3. The zero-order valence-electron chi connectivity index (χ0n) is 10.2. The second-order valence-corrected chi connectivity index (χ2v) is 5.83. The molecule has 20 heavy (non-hydrogen) atoms. The SMILES string of the molecule is Oc1ccc(-c2nc(-c3cccc(Cl)c3Cl)cs2)cc1. The zero-order valence-corrected chi connectivity index (χ0v) is 12.5. The van der Waals surface area contributed by atoms with Gasteiger partial charge in [-0.2, -0.15) is 0 Å². The maximum Gasteiger partial charge on any atom is 0.124 e. The Balaban J connectivity index is 2.02. The van der Waals surface area contributed by atoms with Crippen molar-refractivity contribution in [2.24, 2.45) is 0 Å². The Morgan fingerprint density at radius 1 is 1.00 bits per heavy atom. The first-order valence-electron chi connectivity index (χ1n) is 5.84. The number of nitrogens with zero attached hydrogens (tertiary/aromatic N) is 1. The number of rotatable bonds is 2. The lowest BCUT2D eigenvalue weighted by Gasteiger charge is -2.02. The average Bonchev–Trinajstić information content (AvgIpc) is 2.92. The van der Waals surface area contributed by atoms with Crippen LogP contribution in [-0.2, 0) is 0 Å². The van der Waals surface area contributed by atoms with Crippen molar-refractivity contribution < 1.29 is 5.11 Å². The second-order valence-electron chi connectivity index (χ2n) is 4.19. The maximum atomic E-state index is 9.30. The molecule has 0 aliphatic heterocycles. The van der Waals surface area contributed by atoms with Crippen molar-refractivity contribution in [1.29, 1.82) is 0 Å². The summed E-state index contributed by atoms with van der Waals surface area (Å²) in [7, 11) is 0. The van der Waals surface area contributed by atoms with E-state index in [0.717, 1.165) is 21.8 Å². The third kappa shape index (κ3) is 2.52. The van der Waals surface area contributed by atoms with Crippen molar-refractivity contribution in [3.05, 3.63) is 57.9 Å². The Kier molecular flexibility index (Phi) is 3.66. The van der Waals surface area contributed by atoms with E-state index in [-0.39, 0.29) is 5.75 Å². The van der Waals surface area contributed by atoms with Gasteiger partial charge in [-0.05, 0) is 30.3 Å². The van der Waals surface area contributed by atoms with Crippen molar-refractivity contribution in [2.75, 3.05) is 0 Å². The summed E-state index contributed by atoms with van der Waals surface area (Å²) in [6.45, 7) is 0. The summed E-state index contributed by atoms with van der Waals surface area (Å²) in [4.78, 5) is 4.58. The van der Waals surface area contributed by atoms with Crippen molar-refractivity contribution in [1.82, 2.24) is 4.98 Å². The van der Waals surface area contributed by atoms with Crippen LogP contribution in [0.1, 0.15) is 0 Å². The summed E-state index contributed by atoms with van der Waals surface area (Å²) in [5, 5.41) is 13.1. The van der Waals surface area contributed by atoms with Gasteiger partial charge >= 0.3 is 0 Å². The minimum absolute atomic E-state index is 0.239. The lowest BCUT2D eigenvalue weighted by molar-refractivity contribution is 0.475. The predicted molar refractivity (Wildman–Crippen MR) is 84.7 cm³/mol. The van der Waals surface area contributed by atoms with E-state index in [1.807, 2.05) is 29.6 Å². The van der Waals surface area contributed by atoms with Crippen molar-refractivity contribution >= 4 is 34.5 Å². The second kappa shape index (κ2) is 5.44. The molecule has 0 aliphatic rings. The molecule has 0 fully saturated rings. The molecular formula is C15H9Cl2NOS. The Morgan fingerprint density at radius 3 is 2.50 bits per heavy atom. The van der Waals surface area contributed by atoms with Crippen LogP contribution in [0.25, 0.3) is 21.8 Å². The van der Waals surface area contributed by atoms with Gasteiger partial charge in [0.1, 0.15) is 10.8 Å². The molecule has 5 heteroatoms. The number of thiazole rings is 1. The Bertz CT molecular complexity index is 753. The first-order valence-corrected chi connectivity index (χ1v) is 7.48. The molecule has 0 saturated heterocycles. The van der Waals surface area contributed by atoms with Crippen molar-refractivity contribution in [3.63, 3.8) is 0 Å². The van der Waals surface area contributed by atoms with Gasteiger partial charge in [0, 0.05) is 16.5 Å². The van der Waals surface area contributed by atoms with Gasteiger partial charge in [0.25, 0.3) is 0 Å². The predicted octanol–water partition coefficient (Wildman–Crippen LogP) is 5.49. The fourth-order valence-electron chi connectivity index (χ4n) is 1.84. The van der Waals surface area contributed by atoms with Gasteiger partial charge < -0.3 is 5.11 Å². The van der Waals surface area contributed by atoms with Crippen LogP contribution in [0, 0.1) is 0 Å². The van der Waals surface area contributed by atoms with Gasteiger partial charge in [0.15, 0.2) is 0 Å². The van der Waals surface area contributed by atoms with Crippen LogP contribution in [-0.4, -0.2) is 10.1 Å². The van der Waals surface area contributed by atoms with E-state index < -0.39 is 0 Å². The highest BCUT2D eigenvalue weighted by molar-refractivity contribution is 7.13. The number of hydrogen-bond donors (Lipinski definition) is 1. The standard InChI is InChI=1S/C15H9Cl2NOS/c16-12-3-1-2-11(14(12)17)13-8-20-15(18-13)9-4-6-10(19)7-5-9/h1-8,19H. The number of aromatic hydroxyl groups is 1. The molecule has 3 rings (SSSR count). The fraction of sp³-hybridized carbons (Fsp3) is 0. The third-order valence-corrected chi connectivity index (χ3v) is 4.56. The van der Waals surface area contributed by atoms with Crippen LogP contribution < -0.4 is 0 Å². The summed E-state index contributed by atoms with van der Waals surface area (Å²) in [5.41, 5.74) is 2.57. The number of benzene rings is 2. The van der Waals surface area contributed by atoms with Crippen LogP contribution in [0.15, 0.2) is 47.8 Å². The molecule has 0 aliphatic carbocycles. The number of phenols is 1. The first-order chi connectivity index (χ1) is 9.65. The summed E-state index contributed by atoms with van der Waals surface area (Å²) in [6, 6.07) is 12.4. The summed E-state index contributed by atoms with van der Waals surface area (Å²) in [6.07, 6.45) is 0. The van der Waals surface area contributed by atoms with Crippen molar-refractivity contribution in [2.45, 2.75) is 0 Å². The van der Waals surface area contributed by atoms with Crippen LogP contribution in [0.3, 0.4) is 0 Å². The van der Waals surface area contributed by atoms with Gasteiger partial charge in [-0.15, -0.1) is 11.3 Å². The smallest absolute Gasteiger partial charge is 0.124 e. The monoisotopic (exact) mass is 321 g/mol. The molecule has 1 heterocycles. The largest absolute Gasteiger partial charge is 0.508 e. The molecule has 100 valence electrons. The Morgan fingerprint density at radius 2 is 1.75 bits per heavy atom. The normalized spacial score (nSPS) is 10.7. The number of aromatic nitrogens is 1. The molecule has 1 aromatic heterocycles. The molecule has 2 nitrogen and oxygen atoms in total. The molecule has 2 aromatic carbocycles. The van der Waals surface area contributed by atoms with E-state index in [1.165, 1.54) is 11.3 Å². The minimum Gasteiger partial charge on any atom is -0.508 e. The summed E-state index contributed by atoms with van der Waals surface area (Å²) < 4.78 is 0. The molecule has 0 spiro atoms. The van der Waals surface area contributed by atoms with Gasteiger partial charge in [-0.1, -0.05) is 35.3 Å². The molecule has 0 amide bonds. The molecule has 0 saturated carbocycles. The van der Waals surface area contributed by atoms with Crippen molar-refractivity contribution in [3.8, 4) is 27.6 Å². The maximum absolute atomic E-state index is 9.30. The Hall–Kier alpha value is -1.55. The van der Waals surface area contributed by atoms with Crippen LogP contribution >= 0.6 is 34.5 Å². The molecule has 3 aromatic rings. The van der Waals surface area contributed by atoms with Crippen LogP contribution in [0.4, 0.5) is 0 Å². The van der Waals surface area contributed by atoms with Gasteiger partial charge in [-0.25, -0.2) is 4.98 Å². The fourth-order valence-corrected chi connectivity index (χ4v) is 3.06. The Labute approximate surface area is 130 Å². The number of halogens is 2. The molecule has 1 N–H and O–H groups in total. The highest BCUT2D eigenvalue weighted by Gasteiger charge is 2.11. The van der Waals surface area contributed by atoms with E-state index in [4.69, 9.17) is 23.2 Å². The highest BCUT2D eigenvalue weighted by Crippen LogP contribution is 2.36. The van der Waals surface area contributed by atoms with Gasteiger partial charge in [0.2, 0.25) is 0 Å². The lowest BCUT2D eigenvalue weighted by Crippen LogP contribution is -1.81. The van der Waals surface area contributed by atoms with E-state index in [9.17, 15) is 5.11 Å². The minimum atomic E-state index is 0.239. The third-order valence-electron chi connectivity index (χ3n) is 2.85. The molecule has 0 unspecified atom stereocenters. The molecule has 0 bridgehead atoms. The van der Waals surface area contributed by atoms with E-state index in [1.54, 1.807) is 18.2 Å². The van der Waals surface area contributed by atoms with Gasteiger partial charge in [0.05, 0.1) is 15.7 Å². The topological polar surface area (TPSA) is 33.1 Å². The van der Waals surface area contributed by atoms with Gasteiger partial charge in [-0.3, -0.25) is 0 Å².